The monoisotopic (exact) mass is 498 g/mol. The van der Waals surface area contributed by atoms with Crippen LogP contribution in [0.4, 0.5) is 4.39 Å². The summed E-state index contributed by atoms with van der Waals surface area (Å²) in [6.07, 6.45) is 5.80. The number of halogens is 1. The van der Waals surface area contributed by atoms with Crippen LogP contribution in [-0.4, -0.2) is 30.7 Å². The zero-order chi connectivity index (χ0) is 24.8. The Morgan fingerprint density at radius 1 is 1.17 bits per heavy atom. The van der Waals surface area contributed by atoms with Crippen LogP contribution in [0.5, 0.6) is 0 Å². The van der Waals surface area contributed by atoms with Crippen molar-refractivity contribution < 1.29 is 26.5 Å². The third kappa shape index (κ3) is 6.32. The molecule has 0 aliphatic carbocycles. The minimum absolute atomic E-state index is 0.0613. The summed E-state index contributed by atoms with van der Waals surface area (Å²) in [5, 5.41) is 3.93. The third-order valence-corrected chi connectivity index (χ3v) is 6.82. The Balaban J connectivity index is 0.000000421. The minimum atomic E-state index is -4.31. The van der Waals surface area contributed by atoms with Crippen LogP contribution in [0.15, 0.2) is 82.6 Å². The number of piperidine rings is 1. The Bertz CT molecular complexity index is 1350. The average Bonchev–Trinajstić information content (AvgIpc) is 3.34. The second-order valence-electron chi connectivity index (χ2n) is 8.39. The Morgan fingerprint density at radius 3 is 2.66 bits per heavy atom. The van der Waals surface area contributed by atoms with Crippen molar-refractivity contribution in [2.24, 2.45) is 0 Å². The van der Waals surface area contributed by atoms with E-state index in [1.807, 2.05) is 25.1 Å². The first-order chi connectivity index (χ1) is 16.8. The van der Waals surface area contributed by atoms with Crippen molar-refractivity contribution in [3.8, 4) is 0 Å². The number of hydrogen-bond acceptors (Lipinski definition) is 6. The van der Waals surface area contributed by atoms with Gasteiger partial charge in [0.25, 0.3) is 10.1 Å². The van der Waals surface area contributed by atoms with E-state index in [1.165, 1.54) is 12.3 Å². The molecule has 2 aromatic heterocycles. The molecule has 0 spiro atoms. The highest BCUT2D eigenvalue weighted by Gasteiger charge is 2.28. The quantitative estimate of drug-likeness (QED) is 0.364. The summed E-state index contributed by atoms with van der Waals surface area (Å²) in [6.45, 7) is 2.56. The van der Waals surface area contributed by atoms with Crippen LogP contribution < -0.4 is 5.32 Å². The molecule has 3 heterocycles. The molecule has 1 aliphatic heterocycles. The predicted molar refractivity (Wildman–Crippen MR) is 130 cm³/mol. The van der Waals surface area contributed by atoms with Gasteiger partial charge >= 0.3 is 0 Å². The number of hydrogen-bond donors (Lipinski definition) is 2. The van der Waals surface area contributed by atoms with Gasteiger partial charge < -0.3 is 9.15 Å². The van der Waals surface area contributed by atoms with Crippen molar-refractivity contribution in [2.45, 2.75) is 43.4 Å². The number of aryl methyl sites for hydroxylation is 1. The van der Waals surface area contributed by atoms with Gasteiger partial charge in [0.2, 0.25) is 0 Å². The average molecular weight is 499 g/mol. The number of benzene rings is 2. The number of furan rings is 1. The van der Waals surface area contributed by atoms with Gasteiger partial charge in [-0.1, -0.05) is 35.9 Å². The smallest absolute Gasteiger partial charge is 0.294 e. The topological polar surface area (TPSA) is 102 Å². The summed E-state index contributed by atoms with van der Waals surface area (Å²) >= 11 is 0. The third-order valence-electron chi connectivity index (χ3n) is 5.89. The number of nitrogens with zero attached hydrogens (tertiary/aromatic N) is 1. The summed E-state index contributed by atoms with van der Waals surface area (Å²) in [7, 11) is -4.31. The molecule has 35 heavy (non-hydrogen) atoms. The van der Waals surface area contributed by atoms with E-state index in [0.29, 0.717) is 35.9 Å². The fourth-order valence-corrected chi connectivity index (χ4v) is 4.93. The number of fused-ring (bicyclic) bond motifs is 1. The van der Waals surface area contributed by atoms with Crippen molar-refractivity contribution in [1.82, 2.24) is 10.3 Å². The maximum absolute atomic E-state index is 14.5. The van der Waals surface area contributed by atoms with Crippen LogP contribution in [0.1, 0.15) is 35.4 Å². The number of ether oxygens (including phenoxy) is 1. The van der Waals surface area contributed by atoms with Crippen LogP contribution in [0.3, 0.4) is 0 Å². The lowest BCUT2D eigenvalue weighted by atomic mass is 9.88. The Kier molecular flexibility index (Phi) is 7.92. The lowest BCUT2D eigenvalue weighted by Gasteiger charge is -2.31. The van der Waals surface area contributed by atoms with E-state index in [9.17, 15) is 17.4 Å². The van der Waals surface area contributed by atoms with Gasteiger partial charge in [0.15, 0.2) is 11.4 Å². The SMILES string of the molecule is Cc1ccc(S(=O)(=O)O)c(C2CCNC(OCc3ccc4ccoc4c3F)C2)c1.c1ccncc1. The van der Waals surface area contributed by atoms with E-state index in [4.69, 9.17) is 9.15 Å². The number of nitrogens with one attached hydrogen (secondary N) is 1. The molecule has 184 valence electrons. The fourth-order valence-electron chi connectivity index (χ4n) is 4.16. The van der Waals surface area contributed by atoms with Gasteiger partial charge in [0.05, 0.1) is 17.8 Å². The van der Waals surface area contributed by atoms with Gasteiger partial charge in [-0.15, -0.1) is 0 Å². The summed E-state index contributed by atoms with van der Waals surface area (Å²) in [6, 6.07) is 15.8. The second kappa shape index (κ2) is 11.1. The van der Waals surface area contributed by atoms with Crippen molar-refractivity contribution in [2.75, 3.05) is 6.54 Å². The van der Waals surface area contributed by atoms with Crippen LogP contribution in [0.2, 0.25) is 0 Å². The van der Waals surface area contributed by atoms with E-state index in [0.717, 1.165) is 5.56 Å². The molecule has 1 fully saturated rings. The molecule has 1 saturated heterocycles. The summed E-state index contributed by atoms with van der Waals surface area (Å²) < 4.78 is 58.7. The molecule has 5 rings (SSSR count). The summed E-state index contributed by atoms with van der Waals surface area (Å²) in [4.78, 5) is 3.72. The first-order valence-corrected chi connectivity index (χ1v) is 12.7. The van der Waals surface area contributed by atoms with Crippen LogP contribution in [0, 0.1) is 12.7 Å². The van der Waals surface area contributed by atoms with Gasteiger partial charge in [0.1, 0.15) is 6.23 Å². The van der Waals surface area contributed by atoms with E-state index < -0.39 is 15.9 Å². The fraction of sp³-hybridized carbons (Fsp3) is 0.269. The lowest BCUT2D eigenvalue weighted by Crippen LogP contribution is -2.39. The largest absolute Gasteiger partial charge is 0.461 e. The van der Waals surface area contributed by atoms with Gasteiger partial charge in [-0.25, -0.2) is 4.39 Å². The van der Waals surface area contributed by atoms with Crippen molar-refractivity contribution in [3.05, 3.63) is 95.8 Å². The van der Waals surface area contributed by atoms with Gasteiger partial charge in [-0.05, 0) is 62.1 Å². The minimum Gasteiger partial charge on any atom is -0.461 e. The highest BCUT2D eigenvalue weighted by atomic mass is 32.2. The first kappa shape index (κ1) is 25.0. The maximum atomic E-state index is 14.5. The highest BCUT2D eigenvalue weighted by molar-refractivity contribution is 7.85. The van der Waals surface area contributed by atoms with E-state index in [-0.39, 0.29) is 29.2 Å². The zero-order valence-electron chi connectivity index (χ0n) is 19.2. The first-order valence-electron chi connectivity index (χ1n) is 11.3. The second-order valence-corrected chi connectivity index (χ2v) is 9.78. The van der Waals surface area contributed by atoms with E-state index in [2.05, 4.69) is 10.3 Å². The number of aromatic nitrogens is 1. The molecular weight excluding hydrogens is 471 g/mol. The Hall–Kier alpha value is -3.11. The highest BCUT2D eigenvalue weighted by Crippen LogP contribution is 2.33. The lowest BCUT2D eigenvalue weighted by molar-refractivity contribution is -0.00532. The molecule has 2 unspecified atom stereocenters. The predicted octanol–water partition coefficient (Wildman–Crippen LogP) is 5.22. The van der Waals surface area contributed by atoms with Crippen LogP contribution >= 0.6 is 0 Å². The maximum Gasteiger partial charge on any atom is 0.294 e. The molecule has 2 N–H and O–H groups in total. The number of rotatable bonds is 5. The van der Waals surface area contributed by atoms with E-state index >= 15 is 0 Å². The molecule has 9 heteroatoms. The molecule has 0 bridgehead atoms. The molecular formula is C26H27FN2O5S. The zero-order valence-corrected chi connectivity index (χ0v) is 20.0. The van der Waals surface area contributed by atoms with Gasteiger partial charge in [0, 0.05) is 23.3 Å². The van der Waals surface area contributed by atoms with Crippen LogP contribution in [0.25, 0.3) is 11.0 Å². The van der Waals surface area contributed by atoms with Crippen molar-refractivity contribution in [1.29, 1.82) is 0 Å². The summed E-state index contributed by atoms with van der Waals surface area (Å²) in [5.41, 5.74) is 2.10. The van der Waals surface area contributed by atoms with Crippen molar-refractivity contribution in [3.63, 3.8) is 0 Å². The summed E-state index contributed by atoms with van der Waals surface area (Å²) in [5.74, 6) is -0.539. The van der Waals surface area contributed by atoms with Crippen LogP contribution in [-0.2, 0) is 21.5 Å². The molecule has 7 nitrogen and oxygen atoms in total. The molecule has 0 saturated carbocycles. The molecule has 1 aliphatic rings. The number of pyridine rings is 1. The molecule has 0 radical (unpaired) electrons. The Morgan fingerprint density at radius 2 is 1.97 bits per heavy atom. The normalized spacial score (nSPS) is 18.1. The molecule has 0 amide bonds. The molecule has 4 aromatic rings. The molecule has 2 aromatic carbocycles. The van der Waals surface area contributed by atoms with Gasteiger partial charge in [-0.2, -0.15) is 8.42 Å². The molecule has 2 atom stereocenters. The van der Waals surface area contributed by atoms with E-state index in [1.54, 1.807) is 42.7 Å². The standard InChI is InChI=1S/C21H22FNO5S.C5H5N/c1-13-2-5-18(29(24,25)26)17(10-13)15-6-8-23-19(11-15)28-12-16-4-3-14-7-9-27-21(14)20(16)22;1-2-4-6-5-3-1/h2-5,7,9-10,15,19,23H,6,8,11-12H2,1H3,(H,24,25,26);1-5H. The van der Waals surface area contributed by atoms with Gasteiger partial charge in [-0.3, -0.25) is 14.9 Å². The van der Waals surface area contributed by atoms with Crippen molar-refractivity contribution >= 4 is 21.1 Å². The Labute approximate surface area is 203 Å².